The fourth-order valence-electron chi connectivity index (χ4n) is 3.21. The molecule has 0 aliphatic carbocycles. The SMILES string of the molecule is Cc1cc(C)c([C@H](C)NC(=O)CN(c2cc(C(F)(F)F)ccc2Cl)S(C)(=O)=O)cc1C. The number of aryl methyl sites for hydroxylation is 3. The predicted octanol–water partition coefficient (Wildman–Crippen LogP) is 4.93. The zero-order valence-electron chi connectivity index (χ0n) is 17.8. The summed E-state index contributed by atoms with van der Waals surface area (Å²) in [5.74, 6) is -0.677. The van der Waals surface area contributed by atoms with Crippen LogP contribution in [-0.2, 0) is 21.0 Å². The van der Waals surface area contributed by atoms with Crippen molar-refractivity contribution in [3.05, 3.63) is 63.2 Å². The number of anilines is 1. The lowest BCUT2D eigenvalue weighted by Crippen LogP contribution is -2.41. The number of amides is 1. The monoisotopic (exact) mass is 476 g/mol. The summed E-state index contributed by atoms with van der Waals surface area (Å²) < 4.78 is 64.4. The molecule has 0 heterocycles. The van der Waals surface area contributed by atoms with E-state index in [9.17, 15) is 26.4 Å². The molecule has 0 bridgehead atoms. The van der Waals surface area contributed by atoms with Crippen LogP contribution in [0.1, 0.15) is 40.8 Å². The minimum absolute atomic E-state index is 0.218. The van der Waals surface area contributed by atoms with Gasteiger partial charge in [-0.15, -0.1) is 0 Å². The van der Waals surface area contributed by atoms with Gasteiger partial charge in [0, 0.05) is 0 Å². The first-order valence-electron chi connectivity index (χ1n) is 9.33. The van der Waals surface area contributed by atoms with Gasteiger partial charge in [0.15, 0.2) is 0 Å². The number of alkyl halides is 3. The number of nitrogens with one attached hydrogen (secondary N) is 1. The highest BCUT2D eigenvalue weighted by Gasteiger charge is 2.33. The minimum Gasteiger partial charge on any atom is -0.348 e. The van der Waals surface area contributed by atoms with Crippen LogP contribution in [0.2, 0.25) is 5.02 Å². The van der Waals surface area contributed by atoms with E-state index in [0.29, 0.717) is 10.4 Å². The van der Waals surface area contributed by atoms with Crippen LogP contribution in [0.5, 0.6) is 0 Å². The lowest BCUT2D eigenvalue weighted by atomic mass is 9.96. The van der Waals surface area contributed by atoms with E-state index in [-0.39, 0.29) is 5.02 Å². The summed E-state index contributed by atoms with van der Waals surface area (Å²) >= 11 is 5.98. The molecule has 0 saturated heterocycles. The number of carbonyl (C=O) groups excluding carboxylic acids is 1. The molecule has 10 heteroatoms. The largest absolute Gasteiger partial charge is 0.416 e. The summed E-state index contributed by atoms with van der Waals surface area (Å²) in [7, 11) is -4.10. The quantitative estimate of drug-likeness (QED) is 0.643. The Morgan fingerprint density at radius 3 is 2.23 bits per heavy atom. The van der Waals surface area contributed by atoms with Gasteiger partial charge in [-0.1, -0.05) is 23.7 Å². The smallest absolute Gasteiger partial charge is 0.348 e. The topological polar surface area (TPSA) is 66.5 Å². The third-order valence-electron chi connectivity index (χ3n) is 4.96. The molecule has 0 unspecified atom stereocenters. The van der Waals surface area contributed by atoms with Crippen LogP contribution in [-0.4, -0.2) is 27.1 Å². The highest BCUT2D eigenvalue weighted by molar-refractivity contribution is 7.92. The first-order valence-corrected chi connectivity index (χ1v) is 11.6. The molecule has 31 heavy (non-hydrogen) atoms. The van der Waals surface area contributed by atoms with Gasteiger partial charge in [-0.3, -0.25) is 9.10 Å². The van der Waals surface area contributed by atoms with Crippen LogP contribution in [0.4, 0.5) is 18.9 Å². The number of benzene rings is 2. The van der Waals surface area contributed by atoms with Crippen molar-refractivity contribution in [2.24, 2.45) is 0 Å². The van der Waals surface area contributed by atoms with Crippen molar-refractivity contribution in [3.8, 4) is 0 Å². The second-order valence-electron chi connectivity index (χ2n) is 7.52. The summed E-state index contributed by atoms with van der Waals surface area (Å²) in [6.07, 6.45) is -3.89. The molecule has 2 aromatic rings. The van der Waals surface area contributed by atoms with E-state index < -0.39 is 45.9 Å². The number of hydrogen-bond donors (Lipinski definition) is 1. The number of rotatable bonds is 6. The summed E-state index contributed by atoms with van der Waals surface area (Å²) in [6.45, 7) is 6.84. The Morgan fingerprint density at radius 2 is 1.68 bits per heavy atom. The molecular formula is C21H24ClF3N2O3S. The average molecular weight is 477 g/mol. The molecule has 1 N–H and O–H groups in total. The van der Waals surface area contributed by atoms with Crippen molar-refractivity contribution in [3.63, 3.8) is 0 Å². The van der Waals surface area contributed by atoms with Gasteiger partial charge in [0.05, 0.1) is 28.6 Å². The molecule has 0 aliphatic heterocycles. The third kappa shape index (κ3) is 6.13. The lowest BCUT2D eigenvalue weighted by molar-refractivity contribution is -0.137. The zero-order valence-corrected chi connectivity index (χ0v) is 19.3. The van der Waals surface area contributed by atoms with Crippen molar-refractivity contribution < 1.29 is 26.4 Å². The molecular weight excluding hydrogens is 453 g/mol. The third-order valence-corrected chi connectivity index (χ3v) is 6.40. The van der Waals surface area contributed by atoms with E-state index in [1.165, 1.54) is 0 Å². The maximum Gasteiger partial charge on any atom is 0.416 e. The van der Waals surface area contributed by atoms with Crippen LogP contribution < -0.4 is 9.62 Å². The number of nitrogens with zero attached hydrogens (tertiary/aromatic N) is 1. The highest BCUT2D eigenvalue weighted by atomic mass is 35.5. The normalized spacial score (nSPS) is 13.1. The Bertz CT molecular complexity index is 1100. The predicted molar refractivity (Wildman–Crippen MR) is 116 cm³/mol. The Morgan fingerprint density at radius 1 is 1.10 bits per heavy atom. The summed E-state index contributed by atoms with van der Waals surface area (Å²) in [5.41, 5.74) is 2.47. The Hall–Kier alpha value is -2.26. The van der Waals surface area contributed by atoms with Gasteiger partial charge in [-0.2, -0.15) is 13.2 Å². The highest BCUT2D eigenvalue weighted by Crippen LogP contribution is 2.36. The standard InChI is InChI=1S/C21H24ClF3N2O3S/c1-12-8-14(3)17(9-13(12)2)15(4)26-20(28)11-27(31(5,29)30)19-10-16(21(23,24)25)6-7-18(19)22/h6-10,15H,11H2,1-5H3,(H,26,28)/t15-/m0/s1. The van der Waals surface area contributed by atoms with Gasteiger partial charge in [-0.25, -0.2) is 8.42 Å². The van der Waals surface area contributed by atoms with E-state index in [0.717, 1.165) is 40.6 Å². The van der Waals surface area contributed by atoms with Crippen LogP contribution in [0.15, 0.2) is 30.3 Å². The molecule has 0 saturated carbocycles. The number of halogens is 4. The molecule has 0 spiro atoms. The first kappa shape index (κ1) is 25.0. The average Bonchev–Trinajstić information content (AvgIpc) is 2.61. The molecule has 0 fully saturated rings. The number of sulfonamides is 1. The van der Waals surface area contributed by atoms with Gasteiger partial charge in [-0.05, 0) is 68.1 Å². The molecule has 5 nitrogen and oxygen atoms in total. The van der Waals surface area contributed by atoms with E-state index in [1.807, 2.05) is 32.9 Å². The first-order chi connectivity index (χ1) is 14.1. The second-order valence-corrected chi connectivity index (χ2v) is 9.83. The van der Waals surface area contributed by atoms with Crippen LogP contribution in [0, 0.1) is 20.8 Å². The Labute approximate surface area is 185 Å². The van der Waals surface area contributed by atoms with Gasteiger partial charge >= 0.3 is 6.18 Å². The molecule has 2 rings (SSSR count). The van der Waals surface area contributed by atoms with Crippen LogP contribution in [0.3, 0.4) is 0 Å². The van der Waals surface area contributed by atoms with E-state index in [4.69, 9.17) is 11.6 Å². The van der Waals surface area contributed by atoms with Crippen molar-refractivity contribution in [1.82, 2.24) is 5.32 Å². The Kier molecular flexibility index (Phi) is 7.32. The molecule has 0 aliphatic rings. The van der Waals surface area contributed by atoms with Crippen molar-refractivity contribution in [2.45, 2.75) is 39.9 Å². The Balaban J connectivity index is 2.33. The van der Waals surface area contributed by atoms with E-state index in [2.05, 4.69) is 5.32 Å². The number of carbonyl (C=O) groups is 1. The van der Waals surface area contributed by atoms with Gasteiger partial charge < -0.3 is 5.32 Å². The fraction of sp³-hybridized carbons (Fsp3) is 0.381. The molecule has 1 amide bonds. The zero-order chi connectivity index (χ0) is 23.7. The molecule has 0 radical (unpaired) electrons. The number of hydrogen-bond acceptors (Lipinski definition) is 3. The van der Waals surface area contributed by atoms with Crippen molar-refractivity contribution >= 4 is 33.2 Å². The van der Waals surface area contributed by atoms with Crippen molar-refractivity contribution in [2.75, 3.05) is 17.1 Å². The van der Waals surface area contributed by atoms with Gasteiger partial charge in [0.25, 0.3) is 0 Å². The maximum absolute atomic E-state index is 13.1. The summed E-state index contributed by atoms with van der Waals surface area (Å²) in [6, 6.07) is 5.80. The lowest BCUT2D eigenvalue weighted by Gasteiger charge is -2.25. The van der Waals surface area contributed by atoms with Crippen LogP contribution in [0.25, 0.3) is 0 Å². The summed E-state index contributed by atoms with van der Waals surface area (Å²) in [5, 5.41) is 2.49. The second kappa shape index (κ2) is 9.08. The van der Waals surface area contributed by atoms with Crippen LogP contribution >= 0.6 is 11.6 Å². The van der Waals surface area contributed by atoms with Gasteiger partial charge in [0.2, 0.25) is 15.9 Å². The fourth-order valence-corrected chi connectivity index (χ4v) is 4.34. The van der Waals surface area contributed by atoms with E-state index in [1.54, 1.807) is 6.92 Å². The van der Waals surface area contributed by atoms with Gasteiger partial charge in [0.1, 0.15) is 6.54 Å². The maximum atomic E-state index is 13.1. The summed E-state index contributed by atoms with van der Waals surface area (Å²) in [4.78, 5) is 12.6. The minimum atomic E-state index is -4.69. The van der Waals surface area contributed by atoms with Crippen molar-refractivity contribution in [1.29, 1.82) is 0 Å². The molecule has 1 atom stereocenters. The molecule has 170 valence electrons. The molecule has 0 aromatic heterocycles. The molecule has 2 aromatic carbocycles. The van der Waals surface area contributed by atoms with E-state index >= 15 is 0 Å².